The summed E-state index contributed by atoms with van der Waals surface area (Å²) < 4.78 is 13.9. The number of unbranched alkanes of at least 4 members (excludes halogenated alkanes) is 2. The fourth-order valence-corrected chi connectivity index (χ4v) is 1.84. The van der Waals surface area contributed by atoms with Crippen LogP contribution in [0.2, 0.25) is 0 Å². The number of hydrogen-bond acceptors (Lipinski definition) is 3. The maximum Gasteiger partial charge on any atom is 0.161 e. The lowest BCUT2D eigenvalue weighted by atomic mass is 10.2. The van der Waals surface area contributed by atoms with Crippen LogP contribution in [0.4, 0.5) is 10.1 Å². The monoisotopic (exact) mass is 300 g/mol. The highest BCUT2D eigenvalue weighted by atomic mass is 79.9. The summed E-state index contributed by atoms with van der Waals surface area (Å²) >= 11 is 3.05. The van der Waals surface area contributed by atoms with Crippen LogP contribution in [-0.4, -0.2) is 18.3 Å². The Morgan fingerprint density at radius 3 is 2.76 bits per heavy atom. The van der Waals surface area contributed by atoms with Crippen molar-refractivity contribution in [2.45, 2.75) is 19.3 Å². The Morgan fingerprint density at radius 2 is 2.12 bits per heavy atom. The van der Waals surface area contributed by atoms with Crippen molar-refractivity contribution in [1.82, 2.24) is 0 Å². The van der Waals surface area contributed by atoms with E-state index >= 15 is 0 Å². The average Bonchev–Trinajstić information content (AvgIpc) is 2.34. The zero-order chi connectivity index (χ0) is 12.7. The molecule has 0 saturated carbocycles. The first-order chi connectivity index (χ1) is 8.20. The number of nitriles is 1. The molecule has 5 heteroatoms. The predicted molar refractivity (Wildman–Crippen MR) is 68.2 cm³/mol. The van der Waals surface area contributed by atoms with Gasteiger partial charge in [-0.05, 0) is 47.3 Å². The third-order valence-electron chi connectivity index (χ3n) is 2.35. The highest BCUT2D eigenvalue weighted by Gasteiger charge is 2.10. The molecule has 0 saturated heterocycles. The Labute approximate surface area is 108 Å². The fourth-order valence-electron chi connectivity index (χ4n) is 1.41. The molecule has 0 aliphatic carbocycles. The summed E-state index contributed by atoms with van der Waals surface area (Å²) in [6.07, 6.45) is 2.54. The molecule has 92 valence electrons. The van der Waals surface area contributed by atoms with E-state index in [1.165, 1.54) is 0 Å². The zero-order valence-corrected chi connectivity index (χ0v) is 10.9. The number of anilines is 1. The number of aliphatic hydroxyl groups excluding tert-OH is 1. The minimum Gasteiger partial charge on any atom is -0.396 e. The lowest BCUT2D eigenvalue weighted by Gasteiger charge is -2.09. The van der Waals surface area contributed by atoms with Gasteiger partial charge in [0, 0.05) is 13.2 Å². The molecule has 0 atom stereocenters. The molecule has 3 nitrogen and oxygen atoms in total. The van der Waals surface area contributed by atoms with E-state index in [1.54, 1.807) is 12.1 Å². The largest absolute Gasteiger partial charge is 0.396 e. The van der Waals surface area contributed by atoms with Crippen LogP contribution in [0.1, 0.15) is 24.8 Å². The van der Waals surface area contributed by atoms with Gasteiger partial charge in [-0.25, -0.2) is 4.39 Å². The maximum atomic E-state index is 13.7. The molecule has 0 spiro atoms. The topological polar surface area (TPSA) is 56.0 Å². The lowest BCUT2D eigenvalue weighted by Crippen LogP contribution is -2.04. The predicted octanol–water partition coefficient (Wildman–Crippen LogP) is 3.03. The molecule has 0 fully saturated rings. The first-order valence-corrected chi connectivity index (χ1v) is 6.23. The van der Waals surface area contributed by atoms with Gasteiger partial charge >= 0.3 is 0 Å². The van der Waals surface area contributed by atoms with E-state index in [-0.39, 0.29) is 16.6 Å². The highest BCUT2D eigenvalue weighted by Crippen LogP contribution is 2.26. The Kier molecular flexibility index (Phi) is 5.95. The molecule has 0 aliphatic rings. The summed E-state index contributed by atoms with van der Waals surface area (Å²) in [6, 6.07) is 5.04. The summed E-state index contributed by atoms with van der Waals surface area (Å²) in [5.41, 5.74) is 0.674. The van der Waals surface area contributed by atoms with Gasteiger partial charge in [0.15, 0.2) is 5.82 Å². The molecule has 0 aliphatic heterocycles. The van der Waals surface area contributed by atoms with E-state index in [9.17, 15) is 4.39 Å². The number of benzene rings is 1. The number of hydrogen-bond donors (Lipinski definition) is 2. The molecule has 2 N–H and O–H groups in total. The van der Waals surface area contributed by atoms with Crippen LogP contribution in [-0.2, 0) is 0 Å². The van der Waals surface area contributed by atoms with Crippen molar-refractivity contribution in [3.8, 4) is 6.07 Å². The number of halogens is 2. The number of nitrogens with zero attached hydrogens (tertiary/aromatic N) is 1. The lowest BCUT2D eigenvalue weighted by molar-refractivity contribution is 0.283. The molecule has 0 amide bonds. The quantitative estimate of drug-likeness (QED) is 0.794. The zero-order valence-electron chi connectivity index (χ0n) is 9.34. The van der Waals surface area contributed by atoms with Gasteiger partial charge in [-0.2, -0.15) is 5.26 Å². The summed E-state index contributed by atoms with van der Waals surface area (Å²) in [5, 5.41) is 20.3. The van der Waals surface area contributed by atoms with E-state index in [0.717, 1.165) is 19.3 Å². The van der Waals surface area contributed by atoms with Crippen LogP contribution in [0, 0.1) is 17.1 Å². The summed E-state index contributed by atoms with van der Waals surface area (Å²) in [4.78, 5) is 0. The van der Waals surface area contributed by atoms with Crippen molar-refractivity contribution in [1.29, 1.82) is 5.26 Å². The van der Waals surface area contributed by atoms with E-state index in [4.69, 9.17) is 10.4 Å². The Hall–Kier alpha value is -1.12. The summed E-state index contributed by atoms with van der Waals surface area (Å²) in [5.74, 6) is -0.439. The van der Waals surface area contributed by atoms with E-state index in [2.05, 4.69) is 21.2 Å². The molecule has 1 aromatic carbocycles. The van der Waals surface area contributed by atoms with Crippen molar-refractivity contribution < 1.29 is 9.50 Å². The fraction of sp³-hybridized carbons (Fsp3) is 0.417. The molecule has 0 aromatic heterocycles. The third kappa shape index (κ3) is 3.99. The van der Waals surface area contributed by atoms with Crippen molar-refractivity contribution >= 4 is 21.6 Å². The maximum absolute atomic E-state index is 13.7. The minimum atomic E-state index is -0.439. The van der Waals surface area contributed by atoms with Gasteiger partial charge in [0.25, 0.3) is 0 Å². The molecule has 1 aromatic rings. The number of rotatable bonds is 6. The smallest absolute Gasteiger partial charge is 0.161 e. The Balaban J connectivity index is 2.55. The molecule has 0 heterocycles. The number of aliphatic hydroxyl groups is 1. The van der Waals surface area contributed by atoms with Gasteiger partial charge in [0.1, 0.15) is 6.07 Å². The van der Waals surface area contributed by atoms with E-state index in [0.29, 0.717) is 12.2 Å². The van der Waals surface area contributed by atoms with Crippen molar-refractivity contribution in [3.63, 3.8) is 0 Å². The van der Waals surface area contributed by atoms with Crippen LogP contribution in [0.25, 0.3) is 0 Å². The van der Waals surface area contributed by atoms with Gasteiger partial charge in [0.2, 0.25) is 0 Å². The third-order valence-corrected chi connectivity index (χ3v) is 3.13. The second-order valence-corrected chi connectivity index (χ2v) is 4.40. The first-order valence-electron chi connectivity index (χ1n) is 5.43. The molecular formula is C12H14BrFN2O. The van der Waals surface area contributed by atoms with Gasteiger partial charge in [-0.1, -0.05) is 0 Å². The van der Waals surface area contributed by atoms with Crippen molar-refractivity contribution in [2.75, 3.05) is 18.5 Å². The summed E-state index contributed by atoms with van der Waals surface area (Å²) in [7, 11) is 0. The van der Waals surface area contributed by atoms with E-state index in [1.807, 2.05) is 6.07 Å². The first kappa shape index (κ1) is 13.9. The van der Waals surface area contributed by atoms with Crippen LogP contribution < -0.4 is 5.32 Å². The SMILES string of the molecule is N#Cc1ccc(NCCCCCO)c(F)c1Br. The van der Waals surface area contributed by atoms with E-state index < -0.39 is 5.82 Å². The second-order valence-electron chi connectivity index (χ2n) is 3.61. The molecular weight excluding hydrogens is 287 g/mol. The molecule has 0 bridgehead atoms. The van der Waals surface area contributed by atoms with Gasteiger partial charge in [-0.3, -0.25) is 0 Å². The van der Waals surface area contributed by atoms with Crippen molar-refractivity contribution in [3.05, 3.63) is 28.0 Å². The van der Waals surface area contributed by atoms with Crippen molar-refractivity contribution in [2.24, 2.45) is 0 Å². The van der Waals surface area contributed by atoms with Gasteiger partial charge < -0.3 is 10.4 Å². The van der Waals surface area contributed by atoms with Gasteiger partial charge in [0.05, 0.1) is 15.7 Å². The minimum absolute atomic E-state index is 0.191. The number of nitrogens with one attached hydrogen (secondary N) is 1. The van der Waals surface area contributed by atoms with Crippen LogP contribution in [0.3, 0.4) is 0 Å². The van der Waals surface area contributed by atoms with Crippen LogP contribution >= 0.6 is 15.9 Å². The highest BCUT2D eigenvalue weighted by molar-refractivity contribution is 9.10. The molecule has 0 unspecified atom stereocenters. The summed E-state index contributed by atoms with van der Waals surface area (Å²) in [6.45, 7) is 0.839. The average molecular weight is 301 g/mol. The normalized spacial score (nSPS) is 10.0. The molecule has 0 radical (unpaired) electrons. The van der Waals surface area contributed by atoms with Crippen LogP contribution in [0.5, 0.6) is 0 Å². The molecule has 17 heavy (non-hydrogen) atoms. The Morgan fingerprint density at radius 1 is 1.35 bits per heavy atom. The van der Waals surface area contributed by atoms with Gasteiger partial charge in [-0.15, -0.1) is 0 Å². The standard InChI is InChI=1S/C12H14BrFN2O/c13-11-9(8-15)4-5-10(12(11)14)16-6-2-1-3-7-17/h4-5,16-17H,1-3,6-7H2. The van der Waals surface area contributed by atoms with Crippen LogP contribution in [0.15, 0.2) is 16.6 Å². The second kappa shape index (κ2) is 7.25. The Bertz CT molecular complexity index is 418. The molecule has 1 rings (SSSR count).